The molecule has 8 heavy (non-hydrogen) atoms. The lowest BCUT2D eigenvalue weighted by atomic mass is 10.3. The zero-order chi connectivity index (χ0) is 5.40. The topological polar surface area (TPSA) is 13.1 Å². The van der Waals surface area contributed by atoms with Crippen molar-refractivity contribution in [1.82, 2.24) is 0 Å². The fourth-order valence-corrected chi connectivity index (χ4v) is 0.840. The van der Waals surface area contributed by atoms with Crippen molar-refractivity contribution in [2.75, 3.05) is 0 Å². The molecule has 1 aliphatic carbocycles. The van der Waals surface area contributed by atoms with E-state index >= 15 is 0 Å². The number of hydrogen-bond donors (Lipinski definition) is 0. The Hall–Kier alpha value is -0.720. The Balaban J connectivity index is 2.28. The molecule has 0 amide bonds. The molecule has 1 saturated carbocycles. The Morgan fingerprint density at radius 3 is 3.00 bits per heavy atom. The predicted molar refractivity (Wildman–Crippen MR) is 29.5 cm³/mol. The van der Waals surface area contributed by atoms with Crippen molar-refractivity contribution in [2.45, 2.75) is 18.8 Å². The number of rotatable bonds is 1. The largest absolute Gasteiger partial charge is 0.458 e. The van der Waals surface area contributed by atoms with Crippen LogP contribution in [0.1, 0.15) is 24.5 Å². The van der Waals surface area contributed by atoms with Crippen LogP contribution in [-0.2, 0) is 0 Å². The molecule has 1 fully saturated rings. The summed E-state index contributed by atoms with van der Waals surface area (Å²) in [6.45, 7) is 0. The highest BCUT2D eigenvalue weighted by Gasteiger charge is 2.25. The summed E-state index contributed by atoms with van der Waals surface area (Å²) < 4.78 is 5.03. The second-order valence-electron chi connectivity index (χ2n) is 2.23. The van der Waals surface area contributed by atoms with Crippen LogP contribution in [0.15, 0.2) is 16.5 Å². The quantitative estimate of drug-likeness (QED) is 0.534. The van der Waals surface area contributed by atoms with Crippen molar-refractivity contribution < 1.29 is 4.42 Å². The Bertz CT molecular complexity index is 161. The Morgan fingerprint density at radius 1 is 1.62 bits per heavy atom. The van der Waals surface area contributed by atoms with Crippen LogP contribution >= 0.6 is 0 Å². The summed E-state index contributed by atoms with van der Waals surface area (Å²) in [5.41, 5.74) is 0. The molecule has 0 atom stereocenters. The van der Waals surface area contributed by atoms with Crippen molar-refractivity contribution in [3.8, 4) is 0 Å². The molecule has 1 aromatic rings. The van der Waals surface area contributed by atoms with E-state index in [1.807, 2.05) is 12.1 Å². The van der Waals surface area contributed by atoms with E-state index in [4.69, 9.17) is 4.42 Å². The molecule has 0 N–H and O–H groups in total. The van der Waals surface area contributed by atoms with Gasteiger partial charge in [0.1, 0.15) is 5.76 Å². The minimum atomic E-state index is 0.737. The first-order chi connectivity index (χ1) is 3.97. The average molecular weight is 107 g/mol. The van der Waals surface area contributed by atoms with Gasteiger partial charge in [-0.2, -0.15) is 0 Å². The van der Waals surface area contributed by atoms with E-state index in [9.17, 15) is 0 Å². The minimum Gasteiger partial charge on any atom is -0.458 e. The maximum atomic E-state index is 5.03. The van der Waals surface area contributed by atoms with Crippen LogP contribution in [-0.4, -0.2) is 0 Å². The van der Waals surface area contributed by atoms with Crippen LogP contribution in [0.2, 0.25) is 0 Å². The van der Waals surface area contributed by atoms with Crippen molar-refractivity contribution in [3.05, 3.63) is 24.2 Å². The molecular weight excluding hydrogens is 100 g/mol. The third kappa shape index (κ3) is 0.548. The maximum Gasteiger partial charge on any atom is 0.169 e. The summed E-state index contributed by atoms with van der Waals surface area (Å²) in [5.74, 6) is 1.85. The van der Waals surface area contributed by atoms with E-state index in [1.54, 1.807) is 0 Å². The lowest BCUT2D eigenvalue weighted by Crippen LogP contribution is -1.66. The monoisotopic (exact) mass is 107 g/mol. The average Bonchev–Trinajstić information content (AvgIpc) is 2.49. The summed E-state index contributed by atoms with van der Waals surface area (Å²) in [6.07, 6.45) is 5.29. The van der Waals surface area contributed by atoms with Crippen LogP contribution in [0.25, 0.3) is 0 Å². The van der Waals surface area contributed by atoms with Crippen molar-refractivity contribution in [1.29, 1.82) is 0 Å². The number of furan rings is 1. The summed E-state index contributed by atoms with van der Waals surface area (Å²) in [4.78, 5) is 0. The molecule has 0 saturated heterocycles. The van der Waals surface area contributed by atoms with Gasteiger partial charge in [-0.3, -0.25) is 0 Å². The SMILES string of the molecule is [c]1ccc(C2CC2)o1. The van der Waals surface area contributed by atoms with E-state index in [2.05, 4.69) is 6.26 Å². The molecule has 0 bridgehead atoms. The van der Waals surface area contributed by atoms with Crippen LogP contribution in [0.4, 0.5) is 0 Å². The van der Waals surface area contributed by atoms with Gasteiger partial charge in [0.2, 0.25) is 0 Å². The van der Waals surface area contributed by atoms with Gasteiger partial charge < -0.3 is 4.42 Å². The molecule has 41 valence electrons. The third-order valence-corrected chi connectivity index (χ3v) is 1.47. The Kier molecular flexibility index (Phi) is 0.720. The molecule has 0 aliphatic heterocycles. The zero-order valence-electron chi connectivity index (χ0n) is 4.55. The highest BCUT2D eigenvalue weighted by molar-refractivity contribution is 5.10. The van der Waals surface area contributed by atoms with E-state index in [0.29, 0.717) is 0 Å². The smallest absolute Gasteiger partial charge is 0.169 e. The van der Waals surface area contributed by atoms with Gasteiger partial charge in [-0.15, -0.1) is 0 Å². The third-order valence-electron chi connectivity index (χ3n) is 1.47. The van der Waals surface area contributed by atoms with Gasteiger partial charge in [-0.25, -0.2) is 0 Å². The standard InChI is InChI=1S/C7H7O/c1-2-7(8-5-1)6-3-4-6/h1-2,6H,3-4H2. The molecule has 1 nitrogen and oxygen atoms in total. The van der Waals surface area contributed by atoms with Crippen molar-refractivity contribution >= 4 is 0 Å². The molecule has 0 unspecified atom stereocenters. The fraction of sp³-hybridized carbons (Fsp3) is 0.429. The van der Waals surface area contributed by atoms with Crippen molar-refractivity contribution in [3.63, 3.8) is 0 Å². The Labute approximate surface area is 48.3 Å². The van der Waals surface area contributed by atoms with Gasteiger partial charge in [-0.1, -0.05) is 0 Å². The minimum absolute atomic E-state index is 0.737. The van der Waals surface area contributed by atoms with Gasteiger partial charge in [0.25, 0.3) is 0 Å². The first-order valence-corrected chi connectivity index (χ1v) is 2.92. The second kappa shape index (κ2) is 1.38. The van der Waals surface area contributed by atoms with E-state index < -0.39 is 0 Å². The van der Waals surface area contributed by atoms with Gasteiger partial charge >= 0.3 is 0 Å². The zero-order valence-corrected chi connectivity index (χ0v) is 4.55. The van der Waals surface area contributed by atoms with Crippen LogP contribution < -0.4 is 0 Å². The summed E-state index contributed by atoms with van der Waals surface area (Å²) >= 11 is 0. The van der Waals surface area contributed by atoms with E-state index in [1.165, 1.54) is 12.8 Å². The Morgan fingerprint density at radius 2 is 2.50 bits per heavy atom. The summed E-state index contributed by atoms with van der Waals surface area (Å²) in [7, 11) is 0. The first-order valence-electron chi connectivity index (χ1n) is 2.92. The second-order valence-corrected chi connectivity index (χ2v) is 2.23. The molecule has 2 rings (SSSR count). The fourth-order valence-electron chi connectivity index (χ4n) is 0.840. The van der Waals surface area contributed by atoms with Gasteiger partial charge in [0.15, 0.2) is 6.26 Å². The molecule has 0 aromatic carbocycles. The molecule has 1 aliphatic rings. The van der Waals surface area contributed by atoms with Gasteiger partial charge in [0.05, 0.1) is 0 Å². The molecular formula is C7H7O. The van der Waals surface area contributed by atoms with Crippen molar-refractivity contribution in [2.24, 2.45) is 0 Å². The van der Waals surface area contributed by atoms with E-state index in [-0.39, 0.29) is 0 Å². The van der Waals surface area contributed by atoms with Gasteiger partial charge in [0, 0.05) is 5.92 Å². The van der Waals surface area contributed by atoms with Crippen LogP contribution in [0, 0.1) is 6.26 Å². The highest BCUT2D eigenvalue weighted by atomic mass is 16.3. The lowest BCUT2D eigenvalue weighted by Gasteiger charge is -1.82. The molecule has 0 spiro atoms. The van der Waals surface area contributed by atoms with Crippen LogP contribution in [0.3, 0.4) is 0 Å². The van der Waals surface area contributed by atoms with E-state index in [0.717, 1.165) is 11.7 Å². The highest BCUT2D eigenvalue weighted by Crippen LogP contribution is 2.39. The lowest BCUT2D eigenvalue weighted by molar-refractivity contribution is 0.504. The van der Waals surface area contributed by atoms with Crippen LogP contribution in [0.5, 0.6) is 0 Å². The normalized spacial score (nSPS) is 19.0. The molecule has 1 heterocycles. The molecule has 1 aromatic heterocycles. The molecule has 1 heteroatoms. The summed E-state index contributed by atoms with van der Waals surface area (Å²) in [5, 5.41) is 0. The predicted octanol–water partition coefficient (Wildman–Crippen LogP) is 1.96. The first kappa shape index (κ1) is 4.19. The number of hydrogen-bond acceptors (Lipinski definition) is 1. The summed E-state index contributed by atoms with van der Waals surface area (Å²) in [6, 6.07) is 3.82. The maximum absolute atomic E-state index is 5.03. The molecule has 1 radical (unpaired) electrons. The van der Waals surface area contributed by atoms with Gasteiger partial charge in [-0.05, 0) is 25.0 Å².